The summed E-state index contributed by atoms with van der Waals surface area (Å²) in [7, 11) is 0. The van der Waals surface area contributed by atoms with Crippen LogP contribution in [0, 0.1) is 11.7 Å². The SMILES string of the molecule is CCCC(CNC(=O)C(C)Oc1ccccc1F)C(=O)O. The van der Waals surface area contributed by atoms with Crippen molar-refractivity contribution in [3.63, 3.8) is 0 Å². The van der Waals surface area contributed by atoms with Crippen molar-refractivity contribution < 1.29 is 23.8 Å². The molecule has 2 N–H and O–H groups in total. The predicted octanol–water partition coefficient (Wildman–Crippen LogP) is 2.21. The lowest BCUT2D eigenvalue weighted by atomic mass is 10.0. The Kier molecular flexibility index (Phi) is 6.65. The van der Waals surface area contributed by atoms with Gasteiger partial charge in [-0.15, -0.1) is 0 Å². The highest BCUT2D eigenvalue weighted by Gasteiger charge is 2.21. The van der Waals surface area contributed by atoms with Crippen LogP contribution in [-0.2, 0) is 9.59 Å². The predicted molar refractivity (Wildman–Crippen MR) is 75.5 cm³/mol. The van der Waals surface area contributed by atoms with Gasteiger partial charge in [0.1, 0.15) is 0 Å². The highest BCUT2D eigenvalue weighted by atomic mass is 19.1. The molecule has 1 aromatic rings. The van der Waals surface area contributed by atoms with Gasteiger partial charge < -0.3 is 15.2 Å². The van der Waals surface area contributed by atoms with Crippen LogP contribution >= 0.6 is 0 Å². The summed E-state index contributed by atoms with van der Waals surface area (Å²) >= 11 is 0. The van der Waals surface area contributed by atoms with Gasteiger partial charge >= 0.3 is 5.97 Å². The van der Waals surface area contributed by atoms with Crippen molar-refractivity contribution in [2.45, 2.75) is 32.8 Å². The van der Waals surface area contributed by atoms with Crippen LogP contribution in [0.3, 0.4) is 0 Å². The number of carboxylic acid groups (broad SMARTS) is 1. The Morgan fingerprint density at radius 2 is 2.05 bits per heavy atom. The third-order valence-electron chi connectivity index (χ3n) is 3.02. The van der Waals surface area contributed by atoms with E-state index in [1.165, 1.54) is 25.1 Å². The number of para-hydroxylation sites is 1. The second-order valence-electron chi connectivity index (χ2n) is 4.76. The summed E-state index contributed by atoms with van der Waals surface area (Å²) in [6.45, 7) is 3.39. The quantitative estimate of drug-likeness (QED) is 0.771. The van der Waals surface area contributed by atoms with Gasteiger partial charge in [0.05, 0.1) is 5.92 Å². The van der Waals surface area contributed by atoms with E-state index in [1.54, 1.807) is 6.07 Å². The molecular weight excluding hydrogens is 277 g/mol. The molecule has 0 aliphatic carbocycles. The lowest BCUT2D eigenvalue weighted by Crippen LogP contribution is -2.40. The summed E-state index contributed by atoms with van der Waals surface area (Å²) in [5.41, 5.74) is 0. The van der Waals surface area contributed by atoms with E-state index in [0.29, 0.717) is 12.8 Å². The van der Waals surface area contributed by atoms with Gasteiger partial charge in [-0.25, -0.2) is 4.39 Å². The van der Waals surface area contributed by atoms with Gasteiger partial charge in [-0.1, -0.05) is 25.5 Å². The molecule has 0 radical (unpaired) electrons. The average molecular weight is 297 g/mol. The molecule has 0 aliphatic rings. The van der Waals surface area contributed by atoms with E-state index in [1.807, 2.05) is 6.92 Å². The van der Waals surface area contributed by atoms with Gasteiger partial charge in [-0.05, 0) is 25.5 Å². The molecule has 0 heterocycles. The van der Waals surface area contributed by atoms with Crippen LogP contribution in [-0.4, -0.2) is 29.6 Å². The number of rotatable bonds is 8. The number of halogens is 1. The fourth-order valence-electron chi connectivity index (χ4n) is 1.81. The molecule has 1 aromatic carbocycles. The van der Waals surface area contributed by atoms with Gasteiger partial charge in [-0.2, -0.15) is 0 Å². The van der Waals surface area contributed by atoms with Crippen molar-refractivity contribution in [3.8, 4) is 5.75 Å². The Bertz CT molecular complexity index is 492. The van der Waals surface area contributed by atoms with Crippen molar-refractivity contribution in [3.05, 3.63) is 30.1 Å². The molecule has 0 aliphatic heterocycles. The van der Waals surface area contributed by atoms with Crippen molar-refractivity contribution in [1.29, 1.82) is 0 Å². The zero-order valence-corrected chi connectivity index (χ0v) is 12.1. The molecule has 0 aromatic heterocycles. The Hall–Kier alpha value is -2.11. The normalized spacial score (nSPS) is 13.3. The molecule has 1 rings (SSSR count). The van der Waals surface area contributed by atoms with Crippen LogP contribution in [0.5, 0.6) is 5.75 Å². The minimum atomic E-state index is -0.945. The van der Waals surface area contributed by atoms with Crippen LogP contribution in [0.4, 0.5) is 4.39 Å². The van der Waals surface area contributed by atoms with Crippen molar-refractivity contribution in [2.24, 2.45) is 5.92 Å². The van der Waals surface area contributed by atoms with Gasteiger partial charge in [0.2, 0.25) is 0 Å². The third-order valence-corrected chi connectivity index (χ3v) is 3.02. The third kappa shape index (κ3) is 5.41. The summed E-state index contributed by atoms with van der Waals surface area (Å²) in [4.78, 5) is 22.8. The second-order valence-corrected chi connectivity index (χ2v) is 4.76. The maximum atomic E-state index is 13.4. The van der Waals surface area contributed by atoms with E-state index >= 15 is 0 Å². The zero-order valence-electron chi connectivity index (χ0n) is 12.1. The summed E-state index contributed by atoms with van der Waals surface area (Å²) < 4.78 is 18.6. The highest BCUT2D eigenvalue weighted by Crippen LogP contribution is 2.17. The number of carbonyl (C=O) groups excluding carboxylic acids is 1. The van der Waals surface area contributed by atoms with Gasteiger partial charge in [0.15, 0.2) is 17.7 Å². The van der Waals surface area contributed by atoms with E-state index in [0.717, 1.165) is 0 Å². The maximum Gasteiger partial charge on any atom is 0.308 e. The standard InChI is InChI=1S/C15H20FNO4/c1-3-6-11(15(19)20)9-17-14(18)10(2)21-13-8-5-4-7-12(13)16/h4-5,7-8,10-11H,3,6,9H2,1-2H3,(H,17,18)(H,19,20). The van der Waals surface area contributed by atoms with Crippen molar-refractivity contribution in [1.82, 2.24) is 5.32 Å². The Labute approximate surface area is 123 Å². The molecule has 2 unspecified atom stereocenters. The number of hydrogen-bond donors (Lipinski definition) is 2. The second kappa shape index (κ2) is 8.24. The lowest BCUT2D eigenvalue weighted by molar-refractivity contribution is -0.142. The molecule has 0 fully saturated rings. The fourth-order valence-corrected chi connectivity index (χ4v) is 1.81. The number of carbonyl (C=O) groups is 2. The molecule has 5 nitrogen and oxygen atoms in total. The Balaban J connectivity index is 2.51. The minimum Gasteiger partial charge on any atom is -0.481 e. The molecule has 1 amide bonds. The summed E-state index contributed by atoms with van der Waals surface area (Å²) in [6.07, 6.45) is 0.296. The van der Waals surface area contributed by atoms with E-state index in [4.69, 9.17) is 9.84 Å². The first-order valence-corrected chi connectivity index (χ1v) is 6.87. The molecule has 6 heteroatoms. The first-order chi connectivity index (χ1) is 9.95. The lowest BCUT2D eigenvalue weighted by Gasteiger charge is -2.17. The van der Waals surface area contributed by atoms with Crippen LogP contribution in [0.25, 0.3) is 0 Å². The maximum absolute atomic E-state index is 13.4. The van der Waals surface area contributed by atoms with Crippen molar-refractivity contribution in [2.75, 3.05) is 6.54 Å². The molecule has 116 valence electrons. The van der Waals surface area contributed by atoms with Crippen LogP contribution in [0.15, 0.2) is 24.3 Å². The number of nitrogens with one attached hydrogen (secondary N) is 1. The number of amides is 1. The Morgan fingerprint density at radius 1 is 1.38 bits per heavy atom. The van der Waals surface area contributed by atoms with E-state index in [-0.39, 0.29) is 12.3 Å². The number of ether oxygens (including phenoxy) is 1. The summed E-state index contributed by atoms with van der Waals surface area (Å²) in [6, 6.07) is 5.79. The summed E-state index contributed by atoms with van der Waals surface area (Å²) in [5, 5.41) is 11.5. The monoisotopic (exact) mass is 297 g/mol. The molecule has 2 atom stereocenters. The first-order valence-electron chi connectivity index (χ1n) is 6.87. The smallest absolute Gasteiger partial charge is 0.308 e. The molecule has 0 saturated carbocycles. The number of benzene rings is 1. The van der Waals surface area contributed by atoms with Crippen LogP contribution in [0.1, 0.15) is 26.7 Å². The number of hydrogen-bond acceptors (Lipinski definition) is 3. The minimum absolute atomic E-state index is 0.0107. The van der Waals surface area contributed by atoms with Crippen molar-refractivity contribution >= 4 is 11.9 Å². The van der Waals surface area contributed by atoms with Gasteiger partial charge in [-0.3, -0.25) is 9.59 Å². The van der Waals surface area contributed by atoms with E-state index < -0.39 is 29.7 Å². The molecular formula is C15H20FNO4. The fraction of sp³-hybridized carbons (Fsp3) is 0.467. The topological polar surface area (TPSA) is 75.6 Å². The first kappa shape index (κ1) is 16.9. The summed E-state index contributed by atoms with van der Waals surface area (Å²) in [5.74, 6) is -2.60. The molecule has 21 heavy (non-hydrogen) atoms. The largest absolute Gasteiger partial charge is 0.481 e. The van der Waals surface area contributed by atoms with Gasteiger partial charge in [0.25, 0.3) is 5.91 Å². The number of aliphatic carboxylic acids is 1. The van der Waals surface area contributed by atoms with Crippen LogP contribution < -0.4 is 10.1 Å². The Morgan fingerprint density at radius 3 is 2.62 bits per heavy atom. The molecule has 0 spiro atoms. The van der Waals surface area contributed by atoms with E-state index in [9.17, 15) is 14.0 Å². The van der Waals surface area contributed by atoms with Gasteiger partial charge in [0, 0.05) is 6.54 Å². The van der Waals surface area contributed by atoms with Crippen LogP contribution in [0.2, 0.25) is 0 Å². The number of carboxylic acids is 1. The zero-order chi connectivity index (χ0) is 15.8. The average Bonchev–Trinajstić information content (AvgIpc) is 2.45. The van der Waals surface area contributed by atoms with E-state index in [2.05, 4.69) is 5.32 Å². The molecule has 0 saturated heterocycles. The molecule has 0 bridgehead atoms. The highest BCUT2D eigenvalue weighted by molar-refractivity contribution is 5.81.